The summed E-state index contributed by atoms with van der Waals surface area (Å²) in [6.07, 6.45) is 1.99. The molecule has 0 atom stereocenters. The van der Waals surface area contributed by atoms with Gasteiger partial charge in [-0.2, -0.15) is 0 Å². The molecule has 0 unspecified atom stereocenters. The van der Waals surface area contributed by atoms with E-state index in [0.717, 1.165) is 23.4 Å². The number of rotatable bonds is 6. The number of benzene rings is 1. The van der Waals surface area contributed by atoms with Gasteiger partial charge in [-0.15, -0.1) is 22.7 Å². The largest absolute Gasteiger partial charge is 0.281 e. The van der Waals surface area contributed by atoms with Crippen molar-refractivity contribution >= 4 is 34.5 Å². The fourth-order valence-corrected chi connectivity index (χ4v) is 4.15. The zero-order valence-electron chi connectivity index (χ0n) is 14.3. The maximum Gasteiger partial charge on any atom is 0.281 e. The number of hydrogen-bond acceptors (Lipinski definition) is 5. The van der Waals surface area contributed by atoms with E-state index >= 15 is 0 Å². The minimum absolute atomic E-state index is 0.194. The van der Waals surface area contributed by atoms with Crippen LogP contribution in [-0.2, 0) is 11.2 Å². The lowest BCUT2D eigenvalue weighted by atomic mass is 10.2. The van der Waals surface area contributed by atoms with Crippen LogP contribution in [-0.4, -0.2) is 16.8 Å². The Bertz CT molecular complexity index is 874. The molecule has 2 amide bonds. The molecule has 3 aromatic rings. The second kappa shape index (κ2) is 8.73. The number of hydrogen-bond donors (Lipinski definition) is 2. The van der Waals surface area contributed by atoms with Gasteiger partial charge in [-0.25, -0.2) is 4.98 Å². The molecule has 0 fully saturated rings. The number of carbonyl (C=O) groups is 2. The molecular weight excluding hydrogens is 366 g/mol. The molecule has 0 bridgehead atoms. The number of amides is 2. The maximum absolute atomic E-state index is 12.3. The molecule has 0 spiro atoms. The number of hydrazine groups is 1. The SMILES string of the molecule is Cc1nc(-c2ccccc2)sc1C(=O)NNC(=O)CCCc1cccs1. The van der Waals surface area contributed by atoms with Crippen LogP contribution in [0.4, 0.5) is 0 Å². The number of nitrogens with one attached hydrogen (secondary N) is 2. The van der Waals surface area contributed by atoms with E-state index in [-0.39, 0.29) is 11.8 Å². The van der Waals surface area contributed by atoms with Crippen molar-refractivity contribution in [2.24, 2.45) is 0 Å². The van der Waals surface area contributed by atoms with Gasteiger partial charge in [0, 0.05) is 16.9 Å². The van der Waals surface area contributed by atoms with Crippen molar-refractivity contribution in [1.82, 2.24) is 15.8 Å². The smallest absolute Gasteiger partial charge is 0.273 e. The predicted octanol–water partition coefficient (Wildman–Crippen LogP) is 3.96. The van der Waals surface area contributed by atoms with E-state index in [0.29, 0.717) is 17.0 Å². The fraction of sp³-hybridized carbons (Fsp3) is 0.211. The van der Waals surface area contributed by atoms with E-state index in [1.165, 1.54) is 16.2 Å². The lowest BCUT2D eigenvalue weighted by Gasteiger charge is -2.06. The van der Waals surface area contributed by atoms with Crippen LogP contribution in [0, 0.1) is 6.92 Å². The van der Waals surface area contributed by atoms with E-state index in [1.54, 1.807) is 18.3 Å². The van der Waals surface area contributed by atoms with Crippen LogP contribution in [0.3, 0.4) is 0 Å². The molecular formula is C19H19N3O2S2. The van der Waals surface area contributed by atoms with Crippen LogP contribution in [0.5, 0.6) is 0 Å². The standard InChI is InChI=1S/C19H19N3O2S2/c1-13-17(26-19(20-13)14-7-3-2-4-8-14)18(24)22-21-16(23)11-5-9-15-10-6-12-25-15/h2-4,6-8,10,12H,5,9,11H2,1H3,(H,21,23)(H,22,24). The monoisotopic (exact) mass is 385 g/mol. The highest BCUT2D eigenvalue weighted by Crippen LogP contribution is 2.27. The lowest BCUT2D eigenvalue weighted by Crippen LogP contribution is -2.41. The number of nitrogens with zero attached hydrogens (tertiary/aromatic N) is 1. The molecule has 5 nitrogen and oxygen atoms in total. The van der Waals surface area contributed by atoms with Gasteiger partial charge in [-0.05, 0) is 31.2 Å². The number of aromatic nitrogens is 1. The van der Waals surface area contributed by atoms with Crippen LogP contribution in [0.2, 0.25) is 0 Å². The first kappa shape index (κ1) is 18.3. The average molecular weight is 386 g/mol. The molecule has 0 saturated heterocycles. The van der Waals surface area contributed by atoms with Gasteiger partial charge >= 0.3 is 0 Å². The Kier molecular flexibility index (Phi) is 6.14. The number of carbonyl (C=O) groups excluding carboxylic acids is 2. The molecule has 2 N–H and O–H groups in total. The number of aryl methyl sites for hydroxylation is 2. The van der Waals surface area contributed by atoms with Gasteiger partial charge in [-0.3, -0.25) is 20.4 Å². The third-order valence-corrected chi connectivity index (χ3v) is 5.89. The first-order chi connectivity index (χ1) is 12.6. The summed E-state index contributed by atoms with van der Waals surface area (Å²) in [7, 11) is 0. The van der Waals surface area contributed by atoms with E-state index in [4.69, 9.17) is 0 Å². The second-order valence-electron chi connectivity index (χ2n) is 5.73. The molecule has 0 aliphatic carbocycles. The van der Waals surface area contributed by atoms with Crippen molar-refractivity contribution in [2.45, 2.75) is 26.2 Å². The van der Waals surface area contributed by atoms with E-state index in [2.05, 4.69) is 21.9 Å². The Morgan fingerprint density at radius 3 is 2.62 bits per heavy atom. The third kappa shape index (κ3) is 4.77. The first-order valence-electron chi connectivity index (χ1n) is 8.28. The third-order valence-electron chi connectivity index (χ3n) is 3.75. The van der Waals surface area contributed by atoms with Gasteiger partial charge < -0.3 is 0 Å². The van der Waals surface area contributed by atoms with Crippen LogP contribution < -0.4 is 10.9 Å². The Labute approximate surface area is 160 Å². The van der Waals surface area contributed by atoms with Crippen molar-refractivity contribution < 1.29 is 9.59 Å². The normalized spacial score (nSPS) is 10.5. The highest BCUT2D eigenvalue weighted by atomic mass is 32.1. The first-order valence-corrected chi connectivity index (χ1v) is 9.97. The number of thiophene rings is 1. The van der Waals surface area contributed by atoms with Crippen molar-refractivity contribution in [3.63, 3.8) is 0 Å². The van der Waals surface area contributed by atoms with Crippen molar-refractivity contribution in [2.75, 3.05) is 0 Å². The van der Waals surface area contributed by atoms with Gasteiger partial charge in [0.2, 0.25) is 5.91 Å². The van der Waals surface area contributed by atoms with Crippen molar-refractivity contribution in [3.05, 3.63) is 63.3 Å². The highest BCUT2D eigenvalue weighted by Gasteiger charge is 2.16. The fourth-order valence-electron chi connectivity index (χ4n) is 2.44. The topological polar surface area (TPSA) is 71.1 Å². The molecule has 7 heteroatoms. The van der Waals surface area contributed by atoms with Gasteiger partial charge in [0.25, 0.3) is 5.91 Å². The molecule has 0 radical (unpaired) electrons. The summed E-state index contributed by atoms with van der Waals surface area (Å²) in [5, 5.41) is 2.81. The van der Waals surface area contributed by atoms with Crippen LogP contribution >= 0.6 is 22.7 Å². The van der Waals surface area contributed by atoms with E-state index in [1.807, 2.05) is 41.8 Å². The lowest BCUT2D eigenvalue weighted by molar-refractivity contribution is -0.121. The molecule has 3 rings (SSSR count). The summed E-state index contributed by atoms with van der Waals surface area (Å²) in [4.78, 5) is 30.4. The molecule has 0 saturated carbocycles. The highest BCUT2D eigenvalue weighted by molar-refractivity contribution is 7.17. The summed E-state index contributed by atoms with van der Waals surface area (Å²) < 4.78 is 0. The Morgan fingerprint density at radius 1 is 1.08 bits per heavy atom. The average Bonchev–Trinajstić information content (AvgIpc) is 3.30. The predicted molar refractivity (Wildman–Crippen MR) is 105 cm³/mol. The molecule has 1 aromatic carbocycles. The maximum atomic E-state index is 12.3. The van der Waals surface area contributed by atoms with Gasteiger partial charge in [0.05, 0.1) is 5.69 Å². The van der Waals surface area contributed by atoms with E-state index in [9.17, 15) is 9.59 Å². The van der Waals surface area contributed by atoms with Crippen molar-refractivity contribution in [3.8, 4) is 10.6 Å². The zero-order chi connectivity index (χ0) is 18.4. The number of thiazole rings is 1. The minimum atomic E-state index is -0.339. The van der Waals surface area contributed by atoms with Crippen LogP contribution in [0.25, 0.3) is 10.6 Å². The van der Waals surface area contributed by atoms with Gasteiger partial charge in [0.15, 0.2) is 0 Å². The molecule has 0 aliphatic heterocycles. The molecule has 134 valence electrons. The Hall–Kier alpha value is -2.51. The quantitative estimate of drug-likeness (QED) is 0.631. The summed E-state index contributed by atoms with van der Waals surface area (Å²) in [5.41, 5.74) is 6.58. The summed E-state index contributed by atoms with van der Waals surface area (Å²) in [5.74, 6) is -0.533. The van der Waals surface area contributed by atoms with Crippen LogP contribution in [0.15, 0.2) is 47.8 Å². The summed E-state index contributed by atoms with van der Waals surface area (Å²) >= 11 is 3.00. The van der Waals surface area contributed by atoms with Gasteiger partial charge in [0.1, 0.15) is 9.88 Å². The summed E-state index contributed by atoms with van der Waals surface area (Å²) in [6.45, 7) is 1.79. The minimum Gasteiger partial charge on any atom is -0.273 e. The Morgan fingerprint density at radius 2 is 1.88 bits per heavy atom. The van der Waals surface area contributed by atoms with Gasteiger partial charge in [-0.1, -0.05) is 36.4 Å². The molecule has 2 heterocycles. The molecule has 2 aromatic heterocycles. The molecule has 0 aliphatic rings. The summed E-state index contributed by atoms with van der Waals surface area (Å²) in [6, 6.07) is 13.8. The van der Waals surface area contributed by atoms with E-state index < -0.39 is 0 Å². The molecule has 26 heavy (non-hydrogen) atoms. The second-order valence-corrected chi connectivity index (χ2v) is 7.77. The zero-order valence-corrected chi connectivity index (χ0v) is 16.0. The van der Waals surface area contributed by atoms with Crippen molar-refractivity contribution in [1.29, 1.82) is 0 Å². The Balaban J connectivity index is 1.50. The van der Waals surface area contributed by atoms with Crippen LogP contribution in [0.1, 0.15) is 33.1 Å².